The molecule has 2 rings (SSSR count). The lowest BCUT2D eigenvalue weighted by molar-refractivity contribution is -0.137. The molecule has 0 bridgehead atoms. The second-order valence-corrected chi connectivity index (χ2v) is 5.36. The Morgan fingerprint density at radius 2 is 1.81 bits per heavy atom. The van der Waals surface area contributed by atoms with Gasteiger partial charge in [-0.25, -0.2) is 0 Å². The third kappa shape index (κ3) is 5.91. The monoisotopic (exact) mass is 377 g/mol. The summed E-state index contributed by atoms with van der Waals surface area (Å²) in [5, 5.41) is 2.41. The van der Waals surface area contributed by atoms with Crippen LogP contribution >= 0.6 is 0 Å². The standard InChI is InChI=1S/C20H18F3NO3/c1-3-4-5-9-19(25)24-17-12-14(20(21,22)23)10-11-18(17)27-16-8-6-7-15(13-16)26-2/h3-13H,1-2H3,(H,24,25)/b4-3+,9-5+. The van der Waals surface area contributed by atoms with Gasteiger partial charge in [-0.15, -0.1) is 0 Å². The Bertz CT molecular complexity index is 858. The molecule has 4 nitrogen and oxygen atoms in total. The smallest absolute Gasteiger partial charge is 0.416 e. The molecule has 2 aromatic carbocycles. The highest BCUT2D eigenvalue weighted by molar-refractivity contribution is 6.00. The first-order valence-corrected chi connectivity index (χ1v) is 7.97. The number of methoxy groups -OCH3 is 1. The number of anilines is 1. The van der Waals surface area contributed by atoms with Gasteiger partial charge >= 0.3 is 6.18 Å². The van der Waals surface area contributed by atoms with Crippen molar-refractivity contribution in [1.82, 2.24) is 0 Å². The molecule has 0 atom stereocenters. The number of nitrogens with one attached hydrogen (secondary N) is 1. The van der Waals surface area contributed by atoms with Crippen molar-refractivity contribution in [2.75, 3.05) is 12.4 Å². The number of amides is 1. The van der Waals surface area contributed by atoms with Gasteiger partial charge in [0.2, 0.25) is 5.91 Å². The van der Waals surface area contributed by atoms with E-state index in [0.717, 1.165) is 18.2 Å². The number of ether oxygens (including phenoxy) is 2. The Morgan fingerprint density at radius 3 is 2.48 bits per heavy atom. The Morgan fingerprint density at radius 1 is 1.07 bits per heavy atom. The molecule has 0 radical (unpaired) electrons. The van der Waals surface area contributed by atoms with E-state index in [9.17, 15) is 18.0 Å². The number of hydrogen-bond acceptors (Lipinski definition) is 3. The molecular weight excluding hydrogens is 359 g/mol. The van der Waals surface area contributed by atoms with Crippen LogP contribution in [0.25, 0.3) is 0 Å². The molecule has 7 heteroatoms. The number of benzene rings is 2. The van der Waals surface area contributed by atoms with Crippen molar-refractivity contribution in [3.05, 3.63) is 72.3 Å². The molecule has 27 heavy (non-hydrogen) atoms. The predicted octanol–water partition coefficient (Wildman–Crippen LogP) is 5.58. The maximum Gasteiger partial charge on any atom is 0.416 e. The summed E-state index contributed by atoms with van der Waals surface area (Å²) >= 11 is 0. The fourth-order valence-corrected chi connectivity index (χ4v) is 2.11. The van der Waals surface area contributed by atoms with Crippen molar-refractivity contribution < 1.29 is 27.4 Å². The van der Waals surface area contributed by atoms with E-state index in [1.165, 1.54) is 19.3 Å². The number of alkyl halides is 3. The van der Waals surface area contributed by atoms with Gasteiger partial charge < -0.3 is 14.8 Å². The van der Waals surface area contributed by atoms with E-state index in [1.807, 2.05) is 0 Å². The van der Waals surface area contributed by atoms with Gasteiger partial charge in [0, 0.05) is 12.1 Å². The fourth-order valence-electron chi connectivity index (χ4n) is 2.11. The first-order valence-electron chi connectivity index (χ1n) is 7.97. The van der Waals surface area contributed by atoms with Gasteiger partial charge in [0.15, 0.2) is 5.75 Å². The zero-order valence-electron chi connectivity index (χ0n) is 14.7. The van der Waals surface area contributed by atoms with Crippen LogP contribution in [0, 0.1) is 0 Å². The lowest BCUT2D eigenvalue weighted by Gasteiger charge is -2.15. The summed E-state index contributed by atoms with van der Waals surface area (Å²) in [4.78, 5) is 12.0. The maximum atomic E-state index is 13.0. The summed E-state index contributed by atoms with van der Waals surface area (Å²) < 4.78 is 49.8. The van der Waals surface area contributed by atoms with Crippen LogP contribution in [0.5, 0.6) is 17.2 Å². The highest BCUT2D eigenvalue weighted by atomic mass is 19.4. The average Bonchev–Trinajstić information content (AvgIpc) is 2.62. The third-order valence-electron chi connectivity index (χ3n) is 3.38. The molecule has 2 aromatic rings. The zero-order chi connectivity index (χ0) is 19.9. The third-order valence-corrected chi connectivity index (χ3v) is 3.38. The number of allylic oxidation sites excluding steroid dienone is 3. The van der Waals surface area contributed by atoms with Crippen molar-refractivity contribution in [2.24, 2.45) is 0 Å². The molecule has 0 aromatic heterocycles. The average molecular weight is 377 g/mol. The van der Waals surface area contributed by atoms with Crippen LogP contribution in [0.3, 0.4) is 0 Å². The van der Waals surface area contributed by atoms with Crippen molar-refractivity contribution in [1.29, 1.82) is 0 Å². The Hall–Kier alpha value is -3.22. The van der Waals surface area contributed by atoms with E-state index < -0.39 is 17.6 Å². The van der Waals surface area contributed by atoms with Crippen LogP contribution in [0.15, 0.2) is 66.8 Å². The summed E-state index contributed by atoms with van der Waals surface area (Å²) in [5.74, 6) is 0.375. The number of carbonyl (C=O) groups excluding carboxylic acids is 1. The largest absolute Gasteiger partial charge is 0.497 e. The number of hydrogen-bond donors (Lipinski definition) is 1. The van der Waals surface area contributed by atoms with Crippen molar-refractivity contribution in [3.63, 3.8) is 0 Å². The highest BCUT2D eigenvalue weighted by Crippen LogP contribution is 2.37. The molecule has 0 saturated heterocycles. The molecular formula is C20H18F3NO3. The first-order chi connectivity index (χ1) is 12.8. The summed E-state index contributed by atoms with van der Waals surface area (Å²) in [6, 6.07) is 9.46. The molecule has 0 spiro atoms. The van der Waals surface area contributed by atoms with Crippen LogP contribution in [-0.4, -0.2) is 13.0 Å². The van der Waals surface area contributed by atoms with E-state index in [1.54, 1.807) is 43.3 Å². The molecule has 0 aliphatic rings. The molecule has 1 N–H and O–H groups in total. The quantitative estimate of drug-likeness (QED) is 0.528. The van der Waals surface area contributed by atoms with Crippen molar-refractivity contribution in [3.8, 4) is 17.2 Å². The maximum absolute atomic E-state index is 13.0. The second kappa shape index (κ2) is 8.93. The molecule has 1 amide bonds. The molecule has 0 heterocycles. The normalized spacial score (nSPS) is 11.7. The van der Waals surface area contributed by atoms with Gasteiger partial charge in [-0.05, 0) is 37.3 Å². The van der Waals surface area contributed by atoms with Gasteiger partial charge in [0.1, 0.15) is 11.5 Å². The van der Waals surface area contributed by atoms with E-state index >= 15 is 0 Å². The number of rotatable bonds is 6. The molecule has 142 valence electrons. The minimum atomic E-state index is -4.55. The lowest BCUT2D eigenvalue weighted by atomic mass is 10.1. The first kappa shape index (κ1) is 20.1. The zero-order valence-corrected chi connectivity index (χ0v) is 14.7. The van der Waals surface area contributed by atoms with E-state index in [4.69, 9.17) is 9.47 Å². The minimum absolute atomic E-state index is 0.0732. The molecule has 0 aliphatic carbocycles. The highest BCUT2D eigenvalue weighted by Gasteiger charge is 2.31. The van der Waals surface area contributed by atoms with E-state index in [-0.39, 0.29) is 11.4 Å². The molecule has 0 aliphatic heterocycles. The SMILES string of the molecule is C/C=C/C=C/C(=O)Nc1cc(C(F)(F)F)ccc1Oc1cccc(OC)c1. The minimum Gasteiger partial charge on any atom is -0.497 e. The summed E-state index contributed by atoms with van der Waals surface area (Å²) in [5.41, 5.74) is -0.990. The number of halogens is 3. The van der Waals surface area contributed by atoms with Gasteiger partial charge in [-0.3, -0.25) is 4.79 Å². The summed E-state index contributed by atoms with van der Waals surface area (Å²) in [6.07, 6.45) is 1.47. The van der Waals surface area contributed by atoms with Gasteiger partial charge in [-0.1, -0.05) is 24.3 Å². The topological polar surface area (TPSA) is 47.6 Å². The molecule has 0 fully saturated rings. The van der Waals surface area contributed by atoms with Crippen LogP contribution in [0.1, 0.15) is 12.5 Å². The Kier molecular flexibility index (Phi) is 6.65. The van der Waals surface area contributed by atoms with Gasteiger partial charge in [0.25, 0.3) is 0 Å². The van der Waals surface area contributed by atoms with E-state index in [0.29, 0.717) is 11.5 Å². The van der Waals surface area contributed by atoms with E-state index in [2.05, 4.69) is 5.32 Å². The molecule has 0 unspecified atom stereocenters. The Labute approximate surface area is 154 Å². The predicted molar refractivity (Wildman–Crippen MR) is 97.1 cm³/mol. The van der Waals surface area contributed by atoms with Gasteiger partial charge in [0.05, 0.1) is 18.4 Å². The summed E-state index contributed by atoms with van der Waals surface area (Å²) in [6.45, 7) is 1.77. The number of carbonyl (C=O) groups is 1. The van der Waals surface area contributed by atoms with Crippen molar-refractivity contribution in [2.45, 2.75) is 13.1 Å². The van der Waals surface area contributed by atoms with Crippen LogP contribution in [0.4, 0.5) is 18.9 Å². The lowest BCUT2D eigenvalue weighted by Crippen LogP contribution is -2.11. The van der Waals surface area contributed by atoms with Crippen LogP contribution in [-0.2, 0) is 11.0 Å². The molecule has 0 saturated carbocycles. The van der Waals surface area contributed by atoms with Crippen LogP contribution in [0.2, 0.25) is 0 Å². The van der Waals surface area contributed by atoms with Crippen molar-refractivity contribution >= 4 is 11.6 Å². The van der Waals surface area contributed by atoms with Gasteiger partial charge in [-0.2, -0.15) is 13.2 Å². The Balaban J connectivity index is 2.35. The fraction of sp³-hybridized carbons (Fsp3) is 0.150. The second-order valence-electron chi connectivity index (χ2n) is 5.36. The summed E-state index contributed by atoms with van der Waals surface area (Å²) in [7, 11) is 1.49. The van der Waals surface area contributed by atoms with Crippen LogP contribution < -0.4 is 14.8 Å².